The van der Waals surface area contributed by atoms with Crippen molar-refractivity contribution in [3.8, 4) is 17.2 Å². The van der Waals surface area contributed by atoms with E-state index in [0.29, 0.717) is 29.7 Å². The van der Waals surface area contributed by atoms with Gasteiger partial charge in [-0.3, -0.25) is 4.68 Å². The summed E-state index contributed by atoms with van der Waals surface area (Å²) >= 11 is 5.98. The minimum absolute atomic E-state index is 0.0922. The Morgan fingerprint density at radius 3 is 2.57 bits per heavy atom. The van der Waals surface area contributed by atoms with Crippen LogP contribution >= 0.6 is 11.6 Å². The summed E-state index contributed by atoms with van der Waals surface area (Å²) in [5, 5.41) is 15.1. The standard InChI is InChI=1S/C30H28ClF3N6O2/c1-29(2,3)42-28(41)39-8-6-23(7-9-39)40-17-21(16-38-40)19-11-25-20(15-37-27(25)36-14-19)10-18(13-35)24-12-22(31)4-5-26(24)30(32,33)34/h4-5,10-12,14-17,23H,6-9H2,1-3H3,(H,36,37). The number of nitrogens with zero attached hydrogens (tertiary/aromatic N) is 5. The fraction of sp³-hybridized carbons (Fsp3) is 0.333. The normalized spacial score (nSPS) is 15.2. The van der Waals surface area contributed by atoms with Gasteiger partial charge < -0.3 is 14.6 Å². The SMILES string of the molecule is CC(C)(C)OC(=O)N1CCC(n2cc(-c3cnc4[nH]cc(C=C(C#N)c5cc(Cl)ccc5C(F)(F)F)c4c3)cn2)CC1. The fourth-order valence-corrected chi connectivity index (χ4v) is 5.11. The molecule has 218 valence electrons. The second-order valence-corrected chi connectivity index (χ2v) is 11.6. The number of fused-ring (bicyclic) bond motifs is 1. The second-order valence-electron chi connectivity index (χ2n) is 11.1. The first-order chi connectivity index (χ1) is 19.8. The predicted molar refractivity (Wildman–Crippen MR) is 153 cm³/mol. The maximum Gasteiger partial charge on any atom is 0.417 e. The van der Waals surface area contributed by atoms with Gasteiger partial charge in [0.1, 0.15) is 11.2 Å². The number of carbonyl (C=O) groups excluding carboxylic acids is 1. The van der Waals surface area contributed by atoms with Gasteiger partial charge in [-0.25, -0.2) is 9.78 Å². The van der Waals surface area contributed by atoms with E-state index in [-0.39, 0.29) is 28.3 Å². The van der Waals surface area contributed by atoms with Gasteiger partial charge in [0.25, 0.3) is 0 Å². The van der Waals surface area contributed by atoms with Gasteiger partial charge in [0, 0.05) is 64.3 Å². The van der Waals surface area contributed by atoms with Crippen LogP contribution in [0.3, 0.4) is 0 Å². The number of aromatic amines is 1. The number of amides is 1. The monoisotopic (exact) mass is 596 g/mol. The van der Waals surface area contributed by atoms with E-state index < -0.39 is 17.3 Å². The molecule has 1 amide bonds. The number of halogens is 4. The summed E-state index contributed by atoms with van der Waals surface area (Å²) < 4.78 is 48.4. The van der Waals surface area contributed by atoms with E-state index in [4.69, 9.17) is 16.3 Å². The van der Waals surface area contributed by atoms with Gasteiger partial charge in [0.2, 0.25) is 0 Å². The molecule has 0 spiro atoms. The van der Waals surface area contributed by atoms with Crippen LogP contribution < -0.4 is 0 Å². The van der Waals surface area contributed by atoms with Crippen LogP contribution in [0.5, 0.6) is 0 Å². The van der Waals surface area contributed by atoms with E-state index in [0.717, 1.165) is 42.2 Å². The van der Waals surface area contributed by atoms with E-state index in [1.807, 2.05) is 43.8 Å². The van der Waals surface area contributed by atoms with Crippen molar-refractivity contribution in [2.45, 2.75) is 51.4 Å². The van der Waals surface area contributed by atoms with Crippen molar-refractivity contribution in [2.75, 3.05) is 13.1 Å². The Morgan fingerprint density at radius 1 is 1.17 bits per heavy atom. The molecule has 8 nitrogen and oxygen atoms in total. The van der Waals surface area contributed by atoms with Crippen molar-refractivity contribution < 1.29 is 22.7 Å². The number of benzene rings is 1. The Labute approximate surface area is 245 Å². The van der Waals surface area contributed by atoms with Gasteiger partial charge >= 0.3 is 12.3 Å². The molecule has 12 heteroatoms. The molecule has 4 aromatic rings. The number of allylic oxidation sites excluding steroid dienone is 1. The number of alkyl halides is 3. The molecule has 5 rings (SSSR count). The first-order valence-corrected chi connectivity index (χ1v) is 13.7. The van der Waals surface area contributed by atoms with Crippen molar-refractivity contribution in [3.05, 3.63) is 70.8 Å². The Hall–Kier alpha value is -4.30. The second kappa shape index (κ2) is 11.2. The summed E-state index contributed by atoms with van der Waals surface area (Å²) in [5.41, 5.74) is 0.625. The zero-order chi connectivity index (χ0) is 30.2. The molecule has 1 aromatic carbocycles. The number of carbonyl (C=O) groups is 1. The van der Waals surface area contributed by atoms with Gasteiger partial charge in [-0.05, 0) is 64.0 Å². The molecule has 1 aliphatic rings. The highest BCUT2D eigenvalue weighted by atomic mass is 35.5. The van der Waals surface area contributed by atoms with E-state index in [1.54, 1.807) is 23.5 Å². The molecule has 0 bridgehead atoms. The Morgan fingerprint density at radius 2 is 1.90 bits per heavy atom. The van der Waals surface area contributed by atoms with Gasteiger partial charge in [-0.1, -0.05) is 11.6 Å². The molecular weight excluding hydrogens is 569 g/mol. The maximum absolute atomic E-state index is 13.7. The third kappa shape index (κ3) is 6.29. The lowest BCUT2D eigenvalue weighted by Crippen LogP contribution is -2.42. The topological polar surface area (TPSA) is 99.8 Å². The number of H-pyrrole nitrogens is 1. The number of nitrogens with one attached hydrogen (secondary N) is 1. The molecular formula is C30H28ClF3N6O2. The quantitative estimate of drug-likeness (QED) is 0.243. The van der Waals surface area contributed by atoms with E-state index >= 15 is 0 Å². The number of likely N-dealkylation sites (tertiary alicyclic amines) is 1. The molecule has 0 saturated carbocycles. The van der Waals surface area contributed by atoms with E-state index in [2.05, 4.69) is 15.1 Å². The highest BCUT2D eigenvalue weighted by Crippen LogP contribution is 2.37. The summed E-state index contributed by atoms with van der Waals surface area (Å²) in [6.45, 7) is 6.64. The number of nitriles is 1. The summed E-state index contributed by atoms with van der Waals surface area (Å²) in [5.74, 6) is 0. The molecule has 4 heterocycles. The number of rotatable bonds is 4. The van der Waals surface area contributed by atoms with Crippen LogP contribution in [0.1, 0.15) is 56.3 Å². The maximum atomic E-state index is 13.7. The molecule has 0 atom stereocenters. The van der Waals surface area contributed by atoms with Crippen LogP contribution in [-0.2, 0) is 10.9 Å². The zero-order valence-electron chi connectivity index (χ0n) is 23.2. The molecule has 1 fully saturated rings. The number of hydrogen-bond acceptors (Lipinski definition) is 5. The number of aromatic nitrogens is 4. The fourth-order valence-electron chi connectivity index (χ4n) is 4.94. The lowest BCUT2D eigenvalue weighted by atomic mass is 9.98. The third-order valence-electron chi connectivity index (χ3n) is 6.99. The average Bonchev–Trinajstić information content (AvgIpc) is 3.57. The van der Waals surface area contributed by atoms with Crippen LogP contribution in [0, 0.1) is 11.3 Å². The summed E-state index contributed by atoms with van der Waals surface area (Å²) in [6.07, 6.45) is 4.80. The Balaban J connectivity index is 1.39. The van der Waals surface area contributed by atoms with Crippen molar-refractivity contribution in [1.82, 2.24) is 24.6 Å². The molecule has 0 aliphatic carbocycles. The van der Waals surface area contributed by atoms with Crippen LogP contribution in [0.4, 0.5) is 18.0 Å². The molecule has 3 aromatic heterocycles. The van der Waals surface area contributed by atoms with Gasteiger partial charge in [0.05, 0.1) is 29.4 Å². The van der Waals surface area contributed by atoms with Crippen molar-refractivity contribution in [2.24, 2.45) is 0 Å². The lowest BCUT2D eigenvalue weighted by molar-refractivity contribution is -0.137. The summed E-state index contributed by atoms with van der Waals surface area (Å²) in [6, 6.07) is 7.02. The van der Waals surface area contributed by atoms with Crippen molar-refractivity contribution in [3.63, 3.8) is 0 Å². The highest BCUT2D eigenvalue weighted by Gasteiger charge is 2.34. The Kier molecular flexibility index (Phi) is 7.77. The molecule has 42 heavy (non-hydrogen) atoms. The van der Waals surface area contributed by atoms with Gasteiger partial charge in [-0.15, -0.1) is 0 Å². The number of ether oxygens (including phenoxy) is 1. The van der Waals surface area contributed by atoms with Crippen LogP contribution in [0.25, 0.3) is 33.8 Å². The summed E-state index contributed by atoms with van der Waals surface area (Å²) in [7, 11) is 0. The third-order valence-corrected chi connectivity index (χ3v) is 7.22. The molecule has 1 N–H and O–H groups in total. The van der Waals surface area contributed by atoms with Crippen LogP contribution in [0.15, 0.2) is 49.1 Å². The van der Waals surface area contributed by atoms with E-state index in [9.17, 15) is 23.2 Å². The van der Waals surface area contributed by atoms with E-state index in [1.165, 1.54) is 6.08 Å². The molecule has 0 unspecified atom stereocenters. The average molecular weight is 597 g/mol. The predicted octanol–water partition coefficient (Wildman–Crippen LogP) is 7.73. The molecule has 1 saturated heterocycles. The zero-order valence-corrected chi connectivity index (χ0v) is 23.9. The lowest BCUT2D eigenvalue weighted by Gasteiger charge is -2.33. The number of hydrogen-bond donors (Lipinski definition) is 1. The van der Waals surface area contributed by atoms with Crippen molar-refractivity contribution >= 4 is 40.4 Å². The minimum Gasteiger partial charge on any atom is -0.444 e. The minimum atomic E-state index is -4.66. The number of piperidine rings is 1. The highest BCUT2D eigenvalue weighted by molar-refractivity contribution is 6.30. The summed E-state index contributed by atoms with van der Waals surface area (Å²) in [4.78, 5) is 21.6. The Bertz CT molecular complexity index is 1700. The molecule has 0 radical (unpaired) electrons. The van der Waals surface area contributed by atoms with Crippen LogP contribution in [-0.4, -0.2) is 49.4 Å². The van der Waals surface area contributed by atoms with Crippen molar-refractivity contribution in [1.29, 1.82) is 5.26 Å². The van der Waals surface area contributed by atoms with Gasteiger partial charge in [0.15, 0.2) is 0 Å². The first-order valence-electron chi connectivity index (χ1n) is 13.3. The van der Waals surface area contributed by atoms with Crippen LogP contribution in [0.2, 0.25) is 5.02 Å². The smallest absolute Gasteiger partial charge is 0.417 e. The molecule has 1 aliphatic heterocycles. The largest absolute Gasteiger partial charge is 0.444 e. The first kappa shape index (κ1) is 29.2. The number of pyridine rings is 1. The van der Waals surface area contributed by atoms with Gasteiger partial charge in [-0.2, -0.15) is 23.5 Å².